The lowest BCUT2D eigenvalue weighted by Gasteiger charge is -2.25. The summed E-state index contributed by atoms with van der Waals surface area (Å²) in [6.45, 7) is -0.121. The summed E-state index contributed by atoms with van der Waals surface area (Å²) in [4.78, 5) is 11.4. The normalized spacial score (nSPS) is 17.1. The number of benzene rings is 1. The predicted molar refractivity (Wildman–Crippen MR) is 72.3 cm³/mol. The molecule has 20 heavy (non-hydrogen) atoms. The van der Waals surface area contributed by atoms with Crippen LogP contribution in [-0.4, -0.2) is 37.4 Å². The minimum Gasteiger partial charge on any atom is -0.493 e. The van der Waals surface area contributed by atoms with Crippen molar-refractivity contribution in [1.82, 2.24) is 0 Å². The van der Waals surface area contributed by atoms with Crippen molar-refractivity contribution in [3.8, 4) is 17.2 Å². The third-order valence-corrected chi connectivity index (χ3v) is 3.54. The van der Waals surface area contributed by atoms with E-state index >= 15 is 0 Å². The van der Waals surface area contributed by atoms with Crippen molar-refractivity contribution in [2.75, 3.05) is 20.8 Å². The summed E-state index contributed by atoms with van der Waals surface area (Å²) in [5.41, 5.74) is 4.60. The smallest absolute Gasteiger partial charge is 0.327 e. The van der Waals surface area contributed by atoms with Gasteiger partial charge in [0.15, 0.2) is 17.0 Å². The van der Waals surface area contributed by atoms with Gasteiger partial charge in [-0.3, -0.25) is 4.79 Å². The maximum absolute atomic E-state index is 11.4. The van der Waals surface area contributed by atoms with Crippen molar-refractivity contribution in [3.63, 3.8) is 0 Å². The first-order valence-corrected chi connectivity index (χ1v) is 6.39. The summed E-state index contributed by atoms with van der Waals surface area (Å²) in [6.07, 6.45) is 1.63. The number of carboxylic acids is 1. The fraction of sp³-hybridized carbons (Fsp3) is 0.500. The molecular formula is C14H19NO5. The van der Waals surface area contributed by atoms with Crippen LogP contribution < -0.4 is 19.9 Å². The standard InChI is InChI=1S/C14H19NO5/c1-18-10-4-3-5-11(19-2)12(10)20-8-14(15,13(16)17)9-6-7-9/h3-5,9H,6-8,15H2,1-2H3,(H,16,17). The molecular weight excluding hydrogens is 262 g/mol. The number of ether oxygens (including phenoxy) is 3. The molecule has 6 heteroatoms. The zero-order chi connectivity index (χ0) is 14.8. The molecule has 1 fully saturated rings. The lowest BCUT2D eigenvalue weighted by molar-refractivity contribution is -0.145. The highest BCUT2D eigenvalue weighted by Gasteiger charge is 2.49. The van der Waals surface area contributed by atoms with Crippen LogP contribution in [0.15, 0.2) is 18.2 Å². The highest BCUT2D eigenvalue weighted by atomic mass is 16.5. The molecule has 6 nitrogen and oxygen atoms in total. The van der Waals surface area contributed by atoms with Crippen LogP contribution in [-0.2, 0) is 4.79 Å². The van der Waals surface area contributed by atoms with E-state index in [2.05, 4.69) is 0 Å². The molecule has 3 N–H and O–H groups in total. The van der Waals surface area contributed by atoms with Gasteiger partial charge >= 0.3 is 5.97 Å². The number of carboxylic acid groups (broad SMARTS) is 1. The van der Waals surface area contributed by atoms with Gasteiger partial charge in [-0.1, -0.05) is 6.07 Å². The minimum absolute atomic E-state index is 0.0410. The molecule has 1 aromatic rings. The van der Waals surface area contributed by atoms with Gasteiger partial charge in [0.25, 0.3) is 0 Å². The quantitative estimate of drug-likeness (QED) is 0.782. The maximum Gasteiger partial charge on any atom is 0.327 e. The molecule has 2 rings (SSSR count). The molecule has 0 radical (unpaired) electrons. The van der Waals surface area contributed by atoms with E-state index in [-0.39, 0.29) is 12.5 Å². The SMILES string of the molecule is COc1cccc(OC)c1OCC(N)(C(=O)O)C1CC1. The molecule has 110 valence electrons. The molecule has 0 aromatic heterocycles. The van der Waals surface area contributed by atoms with Gasteiger partial charge in [-0.05, 0) is 30.9 Å². The Kier molecular flexibility index (Phi) is 4.04. The third kappa shape index (κ3) is 2.65. The van der Waals surface area contributed by atoms with Crippen LogP contribution >= 0.6 is 0 Å². The Morgan fingerprint density at radius 3 is 2.30 bits per heavy atom. The lowest BCUT2D eigenvalue weighted by atomic mass is 9.96. The Hall–Kier alpha value is -1.95. The van der Waals surface area contributed by atoms with Crippen molar-refractivity contribution in [2.24, 2.45) is 11.7 Å². The highest BCUT2D eigenvalue weighted by Crippen LogP contribution is 2.41. The average molecular weight is 281 g/mol. The molecule has 0 saturated heterocycles. The monoisotopic (exact) mass is 281 g/mol. The summed E-state index contributed by atoms with van der Waals surface area (Å²) in [5, 5.41) is 9.31. The molecule has 1 saturated carbocycles. The Labute approximate surface area is 117 Å². The first-order valence-electron chi connectivity index (χ1n) is 6.39. The van der Waals surface area contributed by atoms with E-state index in [1.165, 1.54) is 14.2 Å². The number of carbonyl (C=O) groups is 1. The van der Waals surface area contributed by atoms with E-state index in [0.29, 0.717) is 17.2 Å². The number of rotatable bonds is 7. The first kappa shape index (κ1) is 14.5. The van der Waals surface area contributed by atoms with Crippen molar-refractivity contribution >= 4 is 5.97 Å². The summed E-state index contributed by atoms with van der Waals surface area (Å²) in [5.74, 6) is 0.240. The van der Waals surface area contributed by atoms with E-state index < -0.39 is 11.5 Å². The molecule has 0 aliphatic heterocycles. The van der Waals surface area contributed by atoms with Crippen molar-refractivity contribution in [1.29, 1.82) is 0 Å². The van der Waals surface area contributed by atoms with Crippen molar-refractivity contribution in [2.45, 2.75) is 18.4 Å². The van der Waals surface area contributed by atoms with Gasteiger partial charge in [-0.25, -0.2) is 0 Å². The van der Waals surface area contributed by atoms with E-state index in [0.717, 1.165) is 12.8 Å². The number of methoxy groups -OCH3 is 2. The van der Waals surface area contributed by atoms with Crippen molar-refractivity contribution in [3.05, 3.63) is 18.2 Å². The van der Waals surface area contributed by atoms with Gasteiger partial charge in [-0.15, -0.1) is 0 Å². The molecule has 0 heterocycles. The molecule has 1 aliphatic carbocycles. The predicted octanol–water partition coefficient (Wildman–Crippen LogP) is 1.27. The second kappa shape index (κ2) is 5.58. The molecule has 0 amide bonds. The fourth-order valence-corrected chi connectivity index (χ4v) is 2.10. The maximum atomic E-state index is 11.4. The highest BCUT2D eigenvalue weighted by molar-refractivity contribution is 5.79. The first-order chi connectivity index (χ1) is 9.52. The Balaban J connectivity index is 2.19. The molecule has 1 aliphatic rings. The van der Waals surface area contributed by atoms with E-state index in [1.807, 2.05) is 0 Å². The molecule has 1 atom stereocenters. The number of hydrogen-bond acceptors (Lipinski definition) is 5. The van der Waals surface area contributed by atoms with Crippen LogP contribution in [0.3, 0.4) is 0 Å². The number of para-hydroxylation sites is 1. The van der Waals surface area contributed by atoms with Gasteiger partial charge in [-0.2, -0.15) is 0 Å². The molecule has 0 spiro atoms. The van der Waals surface area contributed by atoms with Gasteiger partial charge < -0.3 is 25.1 Å². The van der Waals surface area contributed by atoms with Crippen LogP contribution in [0.5, 0.6) is 17.2 Å². The summed E-state index contributed by atoms with van der Waals surface area (Å²) in [6, 6.07) is 5.19. The average Bonchev–Trinajstić information content (AvgIpc) is 3.28. The largest absolute Gasteiger partial charge is 0.493 e. The van der Waals surface area contributed by atoms with Crippen molar-refractivity contribution < 1.29 is 24.1 Å². The molecule has 0 bridgehead atoms. The lowest BCUT2D eigenvalue weighted by Crippen LogP contribution is -2.54. The number of aliphatic carboxylic acids is 1. The van der Waals surface area contributed by atoms with Crippen LogP contribution in [0, 0.1) is 5.92 Å². The Morgan fingerprint density at radius 2 is 1.90 bits per heavy atom. The topological polar surface area (TPSA) is 91.0 Å². The zero-order valence-corrected chi connectivity index (χ0v) is 11.6. The van der Waals surface area contributed by atoms with E-state index in [4.69, 9.17) is 19.9 Å². The van der Waals surface area contributed by atoms with Gasteiger partial charge in [0.2, 0.25) is 5.75 Å². The molecule has 1 aromatic carbocycles. The second-order valence-corrected chi connectivity index (χ2v) is 4.90. The molecule has 1 unspecified atom stereocenters. The summed E-state index contributed by atoms with van der Waals surface area (Å²) in [7, 11) is 3.02. The fourth-order valence-electron chi connectivity index (χ4n) is 2.10. The van der Waals surface area contributed by atoms with Gasteiger partial charge in [0.05, 0.1) is 14.2 Å². The number of hydrogen-bond donors (Lipinski definition) is 2. The number of nitrogens with two attached hydrogens (primary N) is 1. The summed E-state index contributed by atoms with van der Waals surface area (Å²) >= 11 is 0. The van der Waals surface area contributed by atoms with Crippen LogP contribution in [0.2, 0.25) is 0 Å². The van der Waals surface area contributed by atoms with Crippen LogP contribution in [0.1, 0.15) is 12.8 Å². The Bertz CT molecular complexity index is 478. The second-order valence-electron chi connectivity index (χ2n) is 4.90. The van der Waals surface area contributed by atoms with Crippen LogP contribution in [0.4, 0.5) is 0 Å². The Morgan fingerprint density at radius 1 is 1.35 bits per heavy atom. The zero-order valence-electron chi connectivity index (χ0n) is 11.6. The summed E-state index contributed by atoms with van der Waals surface area (Å²) < 4.78 is 16.0. The minimum atomic E-state index is -1.37. The van der Waals surface area contributed by atoms with Gasteiger partial charge in [0, 0.05) is 0 Å². The van der Waals surface area contributed by atoms with Crippen LogP contribution in [0.25, 0.3) is 0 Å². The third-order valence-electron chi connectivity index (χ3n) is 3.54. The van der Waals surface area contributed by atoms with Gasteiger partial charge in [0.1, 0.15) is 6.61 Å². The van der Waals surface area contributed by atoms with E-state index in [1.54, 1.807) is 18.2 Å². The van der Waals surface area contributed by atoms with E-state index in [9.17, 15) is 9.90 Å².